The van der Waals surface area contributed by atoms with Crippen LogP contribution in [0.15, 0.2) is 34.9 Å². The van der Waals surface area contributed by atoms with Gasteiger partial charge in [0.2, 0.25) is 5.91 Å². The van der Waals surface area contributed by atoms with Gasteiger partial charge in [-0.25, -0.2) is 0 Å². The Labute approximate surface area is 105 Å². The molecule has 94 valence electrons. The molecule has 1 aromatic heterocycles. The van der Waals surface area contributed by atoms with E-state index in [1.165, 1.54) is 0 Å². The lowest BCUT2D eigenvalue weighted by Gasteiger charge is -2.11. The summed E-state index contributed by atoms with van der Waals surface area (Å²) in [6.45, 7) is 3.58. The van der Waals surface area contributed by atoms with E-state index in [9.17, 15) is 4.79 Å². The maximum atomic E-state index is 12.0. The molecule has 0 spiro atoms. The molecule has 1 aromatic carbocycles. The third-order valence-electron chi connectivity index (χ3n) is 2.68. The van der Waals surface area contributed by atoms with Crippen molar-refractivity contribution in [1.29, 1.82) is 0 Å². The number of aryl methyl sites for hydroxylation is 1. The predicted octanol–water partition coefficient (Wildman–Crippen LogP) is 2.31. The molecular weight excluding hydrogens is 230 g/mol. The summed E-state index contributed by atoms with van der Waals surface area (Å²) >= 11 is 0. The Hall–Kier alpha value is -2.30. The summed E-state index contributed by atoms with van der Waals surface area (Å²) in [5.41, 5.74) is 7.20. The normalized spacial score (nSPS) is 12.1. The Kier molecular flexibility index (Phi) is 3.32. The minimum Gasteiger partial charge on any atom is -0.399 e. The van der Waals surface area contributed by atoms with Crippen LogP contribution in [0, 0.1) is 6.92 Å². The molecule has 1 amide bonds. The molecule has 2 aromatic rings. The fraction of sp³-hybridized carbons (Fsp3) is 0.231. The van der Waals surface area contributed by atoms with Crippen molar-refractivity contribution in [3.63, 3.8) is 0 Å². The fourth-order valence-corrected chi connectivity index (χ4v) is 1.64. The van der Waals surface area contributed by atoms with Crippen LogP contribution >= 0.6 is 0 Å². The molecule has 2 rings (SSSR count). The molecule has 0 aliphatic heterocycles. The van der Waals surface area contributed by atoms with Gasteiger partial charge in [0.15, 0.2) is 5.82 Å². The van der Waals surface area contributed by atoms with Crippen LogP contribution in [0.25, 0.3) is 0 Å². The van der Waals surface area contributed by atoms with Crippen molar-refractivity contribution in [2.45, 2.75) is 19.8 Å². The van der Waals surface area contributed by atoms with Crippen LogP contribution < -0.4 is 11.1 Å². The number of aromatic nitrogens is 1. The van der Waals surface area contributed by atoms with Crippen LogP contribution in [-0.2, 0) is 4.79 Å². The van der Waals surface area contributed by atoms with Crippen molar-refractivity contribution >= 4 is 17.4 Å². The second-order valence-electron chi connectivity index (χ2n) is 4.20. The number of carbonyl (C=O) groups is 1. The number of nitrogens with two attached hydrogens (primary N) is 1. The number of amides is 1. The number of carbonyl (C=O) groups excluding carboxylic acids is 1. The Bertz CT molecular complexity index is 563. The van der Waals surface area contributed by atoms with Gasteiger partial charge in [-0.2, -0.15) is 0 Å². The average molecular weight is 245 g/mol. The molecule has 0 aliphatic rings. The summed E-state index contributed by atoms with van der Waals surface area (Å²) in [4.78, 5) is 12.0. The van der Waals surface area contributed by atoms with Crippen LogP contribution in [-0.4, -0.2) is 11.1 Å². The largest absolute Gasteiger partial charge is 0.399 e. The van der Waals surface area contributed by atoms with Crippen LogP contribution in [0.3, 0.4) is 0 Å². The molecule has 0 saturated carbocycles. The summed E-state index contributed by atoms with van der Waals surface area (Å²) in [5.74, 6) is 0.634. The number of nitrogen functional groups attached to an aromatic ring is 1. The predicted molar refractivity (Wildman–Crippen MR) is 69.1 cm³/mol. The van der Waals surface area contributed by atoms with E-state index >= 15 is 0 Å². The fourth-order valence-electron chi connectivity index (χ4n) is 1.64. The van der Waals surface area contributed by atoms with E-state index in [1.807, 2.05) is 19.1 Å². The number of benzene rings is 1. The van der Waals surface area contributed by atoms with Crippen molar-refractivity contribution in [2.24, 2.45) is 0 Å². The number of rotatable bonds is 3. The zero-order chi connectivity index (χ0) is 13.1. The van der Waals surface area contributed by atoms with E-state index in [-0.39, 0.29) is 11.8 Å². The molecule has 1 atom stereocenters. The second-order valence-corrected chi connectivity index (χ2v) is 4.20. The quantitative estimate of drug-likeness (QED) is 0.813. The van der Waals surface area contributed by atoms with E-state index < -0.39 is 0 Å². The first-order valence-corrected chi connectivity index (χ1v) is 5.66. The second kappa shape index (κ2) is 4.91. The zero-order valence-electron chi connectivity index (χ0n) is 10.3. The van der Waals surface area contributed by atoms with Gasteiger partial charge in [0.1, 0.15) is 5.76 Å². The maximum Gasteiger partial charge on any atom is 0.232 e. The molecule has 5 nitrogen and oxygen atoms in total. The van der Waals surface area contributed by atoms with Crippen molar-refractivity contribution in [3.05, 3.63) is 41.7 Å². The standard InChI is InChI=1S/C13H15N3O2/c1-8-6-12(16-18-8)15-13(17)9(2)10-4-3-5-11(14)7-10/h3-7,9H,14H2,1-2H3,(H,15,16,17). The van der Waals surface area contributed by atoms with Crippen molar-refractivity contribution in [1.82, 2.24) is 5.16 Å². The Balaban J connectivity index is 2.09. The third kappa shape index (κ3) is 2.68. The summed E-state index contributed by atoms with van der Waals surface area (Å²) in [6, 6.07) is 8.95. The number of nitrogens with one attached hydrogen (secondary N) is 1. The van der Waals surface area contributed by atoms with Crippen molar-refractivity contribution in [3.8, 4) is 0 Å². The smallest absolute Gasteiger partial charge is 0.232 e. The number of hydrogen-bond acceptors (Lipinski definition) is 4. The van der Waals surface area contributed by atoms with Gasteiger partial charge < -0.3 is 15.6 Å². The van der Waals surface area contributed by atoms with Gasteiger partial charge in [-0.3, -0.25) is 4.79 Å². The first-order chi connectivity index (χ1) is 8.56. The number of nitrogens with zero attached hydrogens (tertiary/aromatic N) is 1. The molecule has 1 unspecified atom stereocenters. The minimum atomic E-state index is -0.300. The van der Waals surface area contributed by atoms with E-state index in [0.29, 0.717) is 17.3 Å². The van der Waals surface area contributed by atoms with Gasteiger partial charge in [0.05, 0.1) is 5.92 Å². The molecule has 3 N–H and O–H groups in total. The number of anilines is 2. The van der Waals surface area contributed by atoms with Crippen molar-refractivity contribution < 1.29 is 9.32 Å². The Morgan fingerprint density at radius 3 is 2.83 bits per heavy atom. The van der Waals surface area contributed by atoms with Gasteiger partial charge >= 0.3 is 0 Å². The van der Waals surface area contributed by atoms with E-state index in [4.69, 9.17) is 10.3 Å². The van der Waals surface area contributed by atoms with Crippen molar-refractivity contribution in [2.75, 3.05) is 11.1 Å². The Morgan fingerprint density at radius 1 is 1.44 bits per heavy atom. The van der Waals surface area contributed by atoms with Crippen LogP contribution in [0.5, 0.6) is 0 Å². The van der Waals surface area contributed by atoms with E-state index in [1.54, 1.807) is 25.1 Å². The van der Waals surface area contributed by atoms with Gasteiger partial charge in [0, 0.05) is 11.8 Å². The zero-order valence-corrected chi connectivity index (χ0v) is 10.3. The maximum absolute atomic E-state index is 12.0. The highest BCUT2D eigenvalue weighted by molar-refractivity contribution is 5.94. The average Bonchev–Trinajstić information content (AvgIpc) is 2.73. The highest BCUT2D eigenvalue weighted by Gasteiger charge is 2.16. The Morgan fingerprint density at radius 2 is 2.22 bits per heavy atom. The summed E-state index contributed by atoms with van der Waals surface area (Å²) < 4.78 is 4.89. The minimum absolute atomic E-state index is 0.145. The third-order valence-corrected chi connectivity index (χ3v) is 2.68. The van der Waals surface area contributed by atoms with Gasteiger partial charge in [0.25, 0.3) is 0 Å². The molecule has 1 heterocycles. The van der Waals surface area contributed by atoms with E-state index in [0.717, 1.165) is 5.56 Å². The summed E-state index contributed by atoms with van der Waals surface area (Å²) in [7, 11) is 0. The van der Waals surface area contributed by atoms with Gasteiger partial charge in [-0.15, -0.1) is 0 Å². The molecule has 0 aliphatic carbocycles. The highest BCUT2D eigenvalue weighted by Crippen LogP contribution is 2.19. The molecule has 5 heteroatoms. The van der Waals surface area contributed by atoms with Gasteiger partial charge in [-0.05, 0) is 31.5 Å². The van der Waals surface area contributed by atoms with Crippen LogP contribution in [0.2, 0.25) is 0 Å². The van der Waals surface area contributed by atoms with Crippen LogP contribution in [0.1, 0.15) is 24.2 Å². The lowest BCUT2D eigenvalue weighted by Crippen LogP contribution is -2.19. The highest BCUT2D eigenvalue weighted by atomic mass is 16.5. The molecule has 18 heavy (non-hydrogen) atoms. The topological polar surface area (TPSA) is 81.2 Å². The lowest BCUT2D eigenvalue weighted by molar-refractivity contribution is -0.117. The first kappa shape index (κ1) is 12.2. The van der Waals surface area contributed by atoms with E-state index in [2.05, 4.69) is 10.5 Å². The molecule has 0 bridgehead atoms. The van der Waals surface area contributed by atoms with Crippen LogP contribution in [0.4, 0.5) is 11.5 Å². The first-order valence-electron chi connectivity index (χ1n) is 5.66. The SMILES string of the molecule is Cc1cc(NC(=O)C(C)c2cccc(N)c2)no1. The van der Waals surface area contributed by atoms with Gasteiger partial charge in [-0.1, -0.05) is 17.3 Å². The summed E-state index contributed by atoms with van der Waals surface area (Å²) in [6.07, 6.45) is 0. The molecule has 0 fully saturated rings. The summed E-state index contributed by atoms with van der Waals surface area (Å²) in [5, 5.41) is 6.41. The monoisotopic (exact) mass is 245 g/mol. The molecule has 0 saturated heterocycles. The number of hydrogen-bond donors (Lipinski definition) is 2. The molecular formula is C13H15N3O2. The molecule has 0 radical (unpaired) electrons. The lowest BCUT2D eigenvalue weighted by atomic mass is 10.00.